The Morgan fingerprint density at radius 3 is 3.00 bits per heavy atom. The van der Waals surface area contributed by atoms with E-state index in [1.807, 2.05) is 0 Å². The van der Waals surface area contributed by atoms with Crippen LogP contribution in [0.4, 0.5) is 0 Å². The number of fused-ring (bicyclic) bond motifs is 1. The van der Waals surface area contributed by atoms with E-state index in [0.29, 0.717) is 6.61 Å². The van der Waals surface area contributed by atoms with E-state index in [4.69, 9.17) is 10.7 Å². The lowest BCUT2D eigenvalue weighted by Crippen LogP contribution is -2.19. The number of rotatable bonds is 3. The summed E-state index contributed by atoms with van der Waals surface area (Å²) in [5.41, 5.74) is 4.17. The molecule has 1 aromatic rings. The third kappa shape index (κ3) is 1.04. The average molecular weight is 193 g/mol. The van der Waals surface area contributed by atoms with Gasteiger partial charge in [-0.2, -0.15) is 5.10 Å². The molecule has 2 aliphatic carbocycles. The number of nitrogens with one attached hydrogen (secondary N) is 1. The third-order valence-electron chi connectivity index (χ3n) is 3.52. The fourth-order valence-corrected chi connectivity index (χ4v) is 2.52. The van der Waals surface area contributed by atoms with Crippen LogP contribution in [0.2, 0.25) is 0 Å². The van der Waals surface area contributed by atoms with Crippen molar-refractivity contribution in [2.75, 3.05) is 6.61 Å². The van der Waals surface area contributed by atoms with Crippen LogP contribution in [0.3, 0.4) is 0 Å². The second kappa shape index (κ2) is 2.81. The quantitative estimate of drug-likeness (QED) is 0.698. The summed E-state index contributed by atoms with van der Waals surface area (Å²) in [6, 6.07) is 0. The largest absolute Gasteiger partial charge is 0.304 e. The molecule has 1 saturated carbocycles. The van der Waals surface area contributed by atoms with Crippen LogP contribution in [-0.2, 0) is 23.1 Å². The van der Waals surface area contributed by atoms with Crippen molar-refractivity contribution >= 4 is 0 Å². The third-order valence-corrected chi connectivity index (χ3v) is 3.52. The molecule has 1 fully saturated rings. The first-order valence-electron chi connectivity index (χ1n) is 5.24. The Hall–Kier alpha value is -0.870. The predicted octanol–water partition coefficient (Wildman–Crippen LogP) is 0.820. The lowest BCUT2D eigenvalue weighted by atomic mass is 9.99. The Labute approximate surface area is 82.8 Å². The summed E-state index contributed by atoms with van der Waals surface area (Å²) in [6.45, 7) is 0.615. The molecule has 3 rings (SSSR count). The Morgan fingerprint density at radius 1 is 1.43 bits per heavy atom. The molecule has 2 aliphatic rings. The minimum absolute atomic E-state index is 0.156. The van der Waals surface area contributed by atoms with Gasteiger partial charge in [0.25, 0.3) is 0 Å². The zero-order chi connectivity index (χ0) is 9.60. The number of nitrogens with zero attached hydrogens (tertiary/aromatic N) is 1. The first kappa shape index (κ1) is 8.44. The van der Waals surface area contributed by atoms with Crippen LogP contribution in [0.15, 0.2) is 0 Å². The van der Waals surface area contributed by atoms with E-state index in [2.05, 4.69) is 10.2 Å². The van der Waals surface area contributed by atoms with Gasteiger partial charge in [0.15, 0.2) is 0 Å². The monoisotopic (exact) mass is 193 g/mol. The van der Waals surface area contributed by atoms with E-state index < -0.39 is 0 Å². The van der Waals surface area contributed by atoms with Gasteiger partial charge in [0.2, 0.25) is 0 Å². The number of nitrogens with two attached hydrogens (primary N) is 1. The number of hydrogen-bond donors (Lipinski definition) is 2. The molecule has 0 spiro atoms. The molecule has 4 heteroatoms. The lowest BCUT2D eigenvalue weighted by molar-refractivity contribution is 0.114. The van der Waals surface area contributed by atoms with E-state index in [-0.39, 0.29) is 5.41 Å². The molecule has 3 N–H and O–H groups in total. The zero-order valence-electron chi connectivity index (χ0n) is 8.18. The van der Waals surface area contributed by atoms with Gasteiger partial charge in [-0.25, -0.2) is 5.90 Å². The molecule has 14 heavy (non-hydrogen) atoms. The molecule has 0 unspecified atom stereocenters. The number of aromatic amines is 1. The summed E-state index contributed by atoms with van der Waals surface area (Å²) in [4.78, 5) is 4.80. The average Bonchev–Trinajstić information content (AvgIpc) is 2.63. The van der Waals surface area contributed by atoms with Gasteiger partial charge in [0.05, 0.1) is 12.3 Å². The van der Waals surface area contributed by atoms with Gasteiger partial charge in [-0.05, 0) is 37.7 Å². The summed E-state index contributed by atoms with van der Waals surface area (Å²) in [5, 5.41) is 7.57. The van der Waals surface area contributed by atoms with Crippen LogP contribution < -0.4 is 5.90 Å². The van der Waals surface area contributed by atoms with Gasteiger partial charge in [-0.3, -0.25) is 5.10 Å². The summed E-state index contributed by atoms with van der Waals surface area (Å²) in [6.07, 6.45) is 5.93. The van der Waals surface area contributed by atoms with Crippen molar-refractivity contribution in [3.05, 3.63) is 17.0 Å². The minimum atomic E-state index is 0.156. The molecule has 0 bridgehead atoms. The van der Waals surface area contributed by atoms with Crippen LogP contribution in [0.25, 0.3) is 0 Å². The Morgan fingerprint density at radius 2 is 2.29 bits per heavy atom. The first-order valence-corrected chi connectivity index (χ1v) is 5.24. The van der Waals surface area contributed by atoms with Gasteiger partial charge in [-0.15, -0.1) is 0 Å². The molecule has 0 radical (unpaired) electrons. The molecule has 0 amide bonds. The lowest BCUT2D eigenvalue weighted by Gasteiger charge is -2.11. The second-order valence-electron chi connectivity index (χ2n) is 4.47. The molecule has 0 aliphatic heterocycles. The number of hydrogen-bond acceptors (Lipinski definition) is 3. The smallest absolute Gasteiger partial charge is 0.0791 e. The molecule has 0 aromatic carbocycles. The second-order valence-corrected chi connectivity index (χ2v) is 4.47. The van der Waals surface area contributed by atoms with E-state index in [9.17, 15) is 0 Å². The van der Waals surface area contributed by atoms with Crippen molar-refractivity contribution in [2.24, 2.45) is 5.90 Å². The van der Waals surface area contributed by atoms with Crippen LogP contribution in [0.5, 0.6) is 0 Å². The highest BCUT2D eigenvalue weighted by Crippen LogP contribution is 2.49. The first-order chi connectivity index (χ1) is 6.86. The van der Waals surface area contributed by atoms with Crippen molar-refractivity contribution in [1.29, 1.82) is 0 Å². The zero-order valence-corrected chi connectivity index (χ0v) is 8.18. The summed E-state index contributed by atoms with van der Waals surface area (Å²) >= 11 is 0. The molecule has 76 valence electrons. The van der Waals surface area contributed by atoms with E-state index >= 15 is 0 Å². The Kier molecular flexibility index (Phi) is 1.69. The number of H-pyrrole nitrogens is 1. The molecule has 0 saturated heterocycles. The van der Waals surface area contributed by atoms with Crippen molar-refractivity contribution in [3.8, 4) is 0 Å². The van der Waals surface area contributed by atoms with Crippen molar-refractivity contribution < 1.29 is 4.84 Å². The topological polar surface area (TPSA) is 63.9 Å². The number of aryl methyl sites for hydroxylation is 1. The van der Waals surface area contributed by atoms with Gasteiger partial charge >= 0.3 is 0 Å². The van der Waals surface area contributed by atoms with Crippen LogP contribution in [-0.4, -0.2) is 16.8 Å². The Balaban J connectivity index is 1.96. The van der Waals surface area contributed by atoms with E-state index in [1.165, 1.54) is 42.6 Å². The van der Waals surface area contributed by atoms with Gasteiger partial charge in [0.1, 0.15) is 0 Å². The Bertz CT molecular complexity index is 354. The highest BCUT2D eigenvalue weighted by Gasteiger charge is 2.48. The van der Waals surface area contributed by atoms with Gasteiger partial charge in [0, 0.05) is 11.1 Å². The summed E-state index contributed by atoms with van der Waals surface area (Å²) in [5.74, 6) is 5.17. The maximum atomic E-state index is 5.17. The summed E-state index contributed by atoms with van der Waals surface area (Å²) in [7, 11) is 0. The van der Waals surface area contributed by atoms with Gasteiger partial charge < -0.3 is 4.84 Å². The fourth-order valence-electron chi connectivity index (χ4n) is 2.52. The molecular formula is C10H15N3O. The van der Waals surface area contributed by atoms with E-state index in [1.54, 1.807) is 0 Å². The van der Waals surface area contributed by atoms with Crippen molar-refractivity contribution in [3.63, 3.8) is 0 Å². The highest BCUT2D eigenvalue weighted by atomic mass is 16.6. The molecule has 1 heterocycles. The normalized spacial score (nSPS) is 22.4. The van der Waals surface area contributed by atoms with Crippen LogP contribution >= 0.6 is 0 Å². The molecule has 1 aromatic heterocycles. The maximum Gasteiger partial charge on any atom is 0.0791 e. The molecular weight excluding hydrogens is 178 g/mol. The highest BCUT2D eigenvalue weighted by molar-refractivity contribution is 5.38. The summed E-state index contributed by atoms with van der Waals surface area (Å²) < 4.78 is 0. The van der Waals surface area contributed by atoms with E-state index in [0.717, 1.165) is 6.42 Å². The molecule has 4 nitrogen and oxygen atoms in total. The van der Waals surface area contributed by atoms with Gasteiger partial charge in [-0.1, -0.05) is 0 Å². The maximum absolute atomic E-state index is 5.17. The molecule has 0 atom stereocenters. The van der Waals surface area contributed by atoms with Crippen LogP contribution in [0, 0.1) is 0 Å². The minimum Gasteiger partial charge on any atom is -0.304 e. The standard InChI is InChI=1S/C10H15N3O/c11-14-6-10(4-5-10)9-7-2-1-3-8(7)12-13-9/h1-6,11H2,(H,12,13). The van der Waals surface area contributed by atoms with Crippen molar-refractivity contribution in [1.82, 2.24) is 10.2 Å². The fraction of sp³-hybridized carbons (Fsp3) is 0.700. The SMILES string of the molecule is NOCC1(c2n[nH]c3c2CCC3)CC1. The predicted molar refractivity (Wildman–Crippen MR) is 51.7 cm³/mol. The van der Waals surface area contributed by atoms with Crippen molar-refractivity contribution in [2.45, 2.75) is 37.5 Å². The van der Waals surface area contributed by atoms with Crippen LogP contribution in [0.1, 0.15) is 36.2 Å². The number of aromatic nitrogens is 2.